The summed E-state index contributed by atoms with van der Waals surface area (Å²) < 4.78 is 14.0. The van der Waals surface area contributed by atoms with E-state index in [0.717, 1.165) is 69.8 Å². The Balaban J connectivity index is 1.22. The van der Waals surface area contributed by atoms with E-state index in [1.165, 1.54) is 10.8 Å². The number of hydrogen-bond donors (Lipinski definition) is 0. The van der Waals surface area contributed by atoms with Gasteiger partial charge >= 0.3 is 0 Å². The summed E-state index contributed by atoms with van der Waals surface area (Å²) in [5.74, 6) is 0.866. The van der Waals surface area contributed by atoms with Gasteiger partial charge in [-0.15, -0.1) is 0 Å². The first-order valence-corrected chi connectivity index (χ1v) is 17.8. The minimum atomic E-state index is 0.0850. The van der Waals surface area contributed by atoms with Gasteiger partial charge in [-0.3, -0.25) is 0 Å². The smallest absolute Gasteiger partial charge is 0.119 e. The van der Waals surface area contributed by atoms with Gasteiger partial charge in [-0.1, -0.05) is 79.7 Å². The fourth-order valence-corrected chi connectivity index (χ4v) is 7.24. The van der Waals surface area contributed by atoms with Gasteiger partial charge in [-0.2, -0.15) is 0 Å². The molecule has 1 aliphatic rings. The molecule has 0 amide bonds. The van der Waals surface area contributed by atoms with E-state index in [2.05, 4.69) is 203 Å². The van der Waals surface area contributed by atoms with Gasteiger partial charge in [-0.05, 0) is 109 Å². The van der Waals surface area contributed by atoms with Crippen molar-refractivity contribution < 1.29 is 9.47 Å². The van der Waals surface area contributed by atoms with Crippen LogP contribution in [0.4, 0.5) is 34.1 Å². The van der Waals surface area contributed by atoms with E-state index in [-0.39, 0.29) is 5.41 Å². The monoisotopic (exact) mass is 677 g/mol. The summed E-state index contributed by atoms with van der Waals surface area (Å²) in [4.78, 5) is 4.65. The molecule has 0 spiro atoms. The molecule has 9 rings (SSSR count). The molecule has 0 aliphatic carbocycles. The molecular weight excluding hydrogens is 639 g/mol. The van der Waals surface area contributed by atoms with Crippen LogP contribution in [0.1, 0.15) is 6.92 Å². The van der Waals surface area contributed by atoms with Gasteiger partial charge in [0.25, 0.3) is 0 Å². The van der Waals surface area contributed by atoms with Crippen molar-refractivity contribution in [2.24, 2.45) is 5.41 Å². The third kappa shape index (κ3) is 5.95. The van der Waals surface area contributed by atoms with E-state index in [4.69, 9.17) is 9.47 Å². The first-order chi connectivity index (χ1) is 25.6. The lowest BCUT2D eigenvalue weighted by molar-refractivity contribution is -0.120. The van der Waals surface area contributed by atoms with Crippen molar-refractivity contribution in [3.05, 3.63) is 182 Å². The molecule has 0 N–H and O–H groups in total. The Morgan fingerprint density at radius 1 is 0.500 bits per heavy atom. The van der Waals surface area contributed by atoms with Crippen LogP contribution in [0, 0.1) is 5.41 Å². The largest absolute Gasteiger partial charge is 0.493 e. The summed E-state index contributed by atoms with van der Waals surface area (Å²) in [6.07, 6.45) is 0. The molecule has 0 bridgehead atoms. The number of nitrogens with zero attached hydrogens (tertiary/aromatic N) is 3. The predicted octanol–water partition coefficient (Wildman–Crippen LogP) is 12.1. The Morgan fingerprint density at radius 2 is 0.904 bits per heavy atom. The number of rotatable bonds is 10. The molecule has 1 saturated heterocycles. The van der Waals surface area contributed by atoms with Crippen molar-refractivity contribution in [3.63, 3.8) is 0 Å². The second-order valence-electron chi connectivity index (χ2n) is 13.8. The molecule has 1 aliphatic heterocycles. The maximum Gasteiger partial charge on any atom is 0.119 e. The average molecular weight is 678 g/mol. The number of anilines is 6. The first kappa shape index (κ1) is 31.7. The fourth-order valence-electron chi connectivity index (χ4n) is 7.24. The van der Waals surface area contributed by atoms with E-state index in [9.17, 15) is 0 Å². The molecule has 0 atom stereocenters. The minimum absolute atomic E-state index is 0.0850. The molecule has 5 heteroatoms. The summed E-state index contributed by atoms with van der Waals surface area (Å²) in [5.41, 5.74) is 10.0. The van der Waals surface area contributed by atoms with Gasteiger partial charge in [0.15, 0.2) is 0 Å². The molecule has 2 heterocycles. The number of hydrogen-bond acceptors (Lipinski definition) is 4. The minimum Gasteiger partial charge on any atom is -0.493 e. The quantitative estimate of drug-likeness (QED) is 0.144. The Labute approximate surface area is 304 Å². The van der Waals surface area contributed by atoms with Crippen LogP contribution in [0.3, 0.4) is 0 Å². The topological polar surface area (TPSA) is 29.9 Å². The standard InChI is InChI=1S/C47H39N3O2/c1-47(32-51-33-47)34-52-42-26-22-39(23-27-42)50-45-28-24-40(48(35-14-6-2-7-15-35)36-16-8-3-9-17-36)30-43(45)44-31-41(25-29-46(44)50)49(37-18-10-4-11-19-37)38-20-12-5-13-21-38/h2-31H,32-34H2,1H3. The Bertz CT molecular complexity index is 2220. The maximum atomic E-state index is 6.21. The van der Waals surface area contributed by atoms with E-state index in [1.54, 1.807) is 0 Å². The lowest BCUT2D eigenvalue weighted by Gasteiger charge is -2.37. The van der Waals surface area contributed by atoms with Crippen LogP contribution in [0.2, 0.25) is 0 Å². The zero-order valence-electron chi connectivity index (χ0n) is 29.1. The van der Waals surface area contributed by atoms with Crippen LogP contribution >= 0.6 is 0 Å². The third-order valence-corrected chi connectivity index (χ3v) is 9.89. The second kappa shape index (κ2) is 13.4. The van der Waals surface area contributed by atoms with E-state index in [1.807, 2.05) is 0 Å². The first-order valence-electron chi connectivity index (χ1n) is 17.8. The second-order valence-corrected chi connectivity index (χ2v) is 13.8. The highest BCUT2D eigenvalue weighted by atomic mass is 16.5. The molecule has 5 nitrogen and oxygen atoms in total. The summed E-state index contributed by atoms with van der Waals surface area (Å²) in [6, 6.07) is 64.5. The van der Waals surface area contributed by atoms with Crippen molar-refractivity contribution in [1.82, 2.24) is 4.57 Å². The van der Waals surface area contributed by atoms with Crippen LogP contribution in [-0.4, -0.2) is 24.4 Å². The van der Waals surface area contributed by atoms with Gasteiger partial charge in [0.2, 0.25) is 0 Å². The number of para-hydroxylation sites is 4. The van der Waals surface area contributed by atoms with E-state index >= 15 is 0 Å². The maximum absolute atomic E-state index is 6.21. The average Bonchev–Trinajstić information content (AvgIpc) is 3.51. The molecule has 1 aromatic heterocycles. The molecule has 254 valence electrons. The van der Waals surface area contributed by atoms with Crippen LogP contribution in [-0.2, 0) is 4.74 Å². The SMILES string of the molecule is CC1(COc2ccc(-n3c4ccc(N(c5ccccc5)c5ccccc5)cc4c4cc(N(c5ccccc5)c5ccccc5)ccc43)cc2)COC1. The number of aromatic nitrogens is 1. The highest BCUT2D eigenvalue weighted by molar-refractivity contribution is 6.12. The van der Waals surface area contributed by atoms with Crippen molar-refractivity contribution in [3.8, 4) is 11.4 Å². The zero-order valence-corrected chi connectivity index (χ0v) is 29.1. The van der Waals surface area contributed by atoms with Crippen LogP contribution in [0.15, 0.2) is 182 Å². The molecular formula is C47H39N3O2. The Hall–Kier alpha value is -6.30. The summed E-state index contributed by atoms with van der Waals surface area (Å²) in [6.45, 7) is 4.34. The number of benzene rings is 7. The summed E-state index contributed by atoms with van der Waals surface area (Å²) in [7, 11) is 0. The van der Waals surface area contributed by atoms with E-state index in [0.29, 0.717) is 6.61 Å². The molecule has 0 radical (unpaired) electrons. The molecule has 1 fully saturated rings. The van der Waals surface area contributed by atoms with Crippen LogP contribution < -0.4 is 14.5 Å². The van der Waals surface area contributed by atoms with Crippen molar-refractivity contribution in [2.45, 2.75) is 6.92 Å². The van der Waals surface area contributed by atoms with Crippen LogP contribution in [0.5, 0.6) is 5.75 Å². The fraction of sp³-hybridized carbons (Fsp3) is 0.106. The lowest BCUT2D eigenvalue weighted by atomic mass is 9.90. The molecule has 52 heavy (non-hydrogen) atoms. The van der Waals surface area contributed by atoms with Crippen molar-refractivity contribution in [1.29, 1.82) is 0 Å². The van der Waals surface area contributed by atoms with Gasteiger partial charge in [0, 0.05) is 56.0 Å². The Morgan fingerprint density at radius 3 is 1.27 bits per heavy atom. The van der Waals surface area contributed by atoms with Crippen LogP contribution in [0.25, 0.3) is 27.5 Å². The molecule has 8 aromatic rings. The molecule has 0 unspecified atom stereocenters. The van der Waals surface area contributed by atoms with Crippen molar-refractivity contribution >= 4 is 55.9 Å². The molecule has 0 saturated carbocycles. The zero-order chi connectivity index (χ0) is 34.9. The van der Waals surface area contributed by atoms with Gasteiger partial charge in [0.1, 0.15) is 5.75 Å². The predicted molar refractivity (Wildman–Crippen MR) is 215 cm³/mol. The normalized spacial score (nSPS) is 13.5. The van der Waals surface area contributed by atoms with Gasteiger partial charge < -0.3 is 23.8 Å². The number of ether oxygens (including phenoxy) is 2. The highest BCUT2D eigenvalue weighted by Crippen LogP contribution is 2.42. The number of fused-ring (bicyclic) bond motifs is 3. The van der Waals surface area contributed by atoms with Gasteiger partial charge in [-0.25, -0.2) is 0 Å². The van der Waals surface area contributed by atoms with Crippen molar-refractivity contribution in [2.75, 3.05) is 29.6 Å². The highest BCUT2D eigenvalue weighted by Gasteiger charge is 2.34. The summed E-state index contributed by atoms with van der Waals surface area (Å²) >= 11 is 0. The third-order valence-electron chi connectivity index (χ3n) is 9.89. The molecule has 7 aromatic carbocycles. The van der Waals surface area contributed by atoms with E-state index < -0.39 is 0 Å². The summed E-state index contributed by atoms with van der Waals surface area (Å²) in [5, 5.41) is 2.34. The van der Waals surface area contributed by atoms with Gasteiger partial charge in [0.05, 0.1) is 30.9 Å². The lowest BCUT2D eigenvalue weighted by Crippen LogP contribution is -2.44. The Kier molecular flexibility index (Phi) is 8.18.